The van der Waals surface area contributed by atoms with Crippen molar-refractivity contribution in [2.24, 2.45) is 24.8 Å². The highest BCUT2D eigenvalue weighted by Gasteiger charge is 2.14. The molecule has 1 heterocycles. The number of imidazole rings is 1. The van der Waals surface area contributed by atoms with E-state index in [1.807, 2.05) is 0 Å². The number of rotatable bonds is 50. The Morgan fingerprint density at radius 1 is 0.410 bits per heavy atom. The van der Waals surface area contributed by atoms with E-state index in [1.165, 1.54) is 276 Å². The Bertz CT molecular complexity index is 932. The van der Waals surface area contributed by atoms with E-state index in [-0.39, 0.29) is 0 Å². The molecule has 0 aliphatic rings. The zero-order valence-corrected chi connectivity index (χ0v) is 43.3. The Balaban J connectivity index is 2.39. The summed E-state index contributed by atoms with van der Waals surface area (Å²) in [7, 11) is 2.13. The molecule has 2 atom stereocenters. The molecule has 0 saturated heterocycles. The topological polar surface area (TPSA) is 20.8 Å². The van der Waals surface area contributed by atoms with E-state index in [4.69, 9.17) is 0 Å². The highest BCUT2D eigenvalue weighted by molar-refractivity contribution is 4.73. The molecule has 1 aromatic rings. The van der Waals surface area contributed by atoms with E-state index in [2.05, 4.69) is 74.8 Å². The molecule has 0 aliphatic carbocycles. The molecule has 3 nitrogen and oxygen atoms in total. The molecule has 0 fully saturated rings. The van der Waals surface area contributed by atoms with Gasteiger partial charge >= 0.3 is 0 Å². The second-order valence-corrected chi connectivity index (χ2v) is 21.3. The molecule has 3 heteroatoms. The quantitative estimate of drug-likeness (QED) is 0.0511. The first-order valence-electron chi connectivity index (χ1n) is 28.7. The molecule has 0 bridgehead atoms. The number of aryl methyl sites for hydroxylation is 1. The number of nitrogens with zero attached hydrogens (tertiary/aromatic N) is 2. The molecule has 0 saturated carbocycles. The summed E-state index contributed by atoms with van der Waals surface area (Å²) in [4.78, 5) is 0. The highest BCUT2D eigenvalue weighted by atomic mass is 15.1. The van der Waals surface area contributed by atoms with Crippen LogP contribution in [0.15, 0.2) is 18.7 Å². The van der Waals surface area contributed by atoms with Crippen LogP contribution in [-0.4, -0.2) is 17.2 Å². The molecule has 0 aromatic carbocycles. The van der Waals surface area contributed by atoms with Crippen molar-refractivity contribution in [3.05, 3.63) is 18.7 Å². The third-order valence-corrected chi connectivity index (χ3v) is 14.5. The van der Waals surface area contributed by atoms with E-state index < -0.39 is 0 Å². The van der Waals surface area contributed by atoms with Gasteiger partial charge in [-0.15, -0.1) is 0 Å². The standard InChI is InChI=1S/C58H116N3/c1-7-9-11-13-15-17-19-21-23-25-27-29-31-33-35-37-44-57(45-38-36-34-32-30-28-26-24-22-20-18-16-14-12-10-8-2)46-39-40-47-58(49-48-56(5)43-41-42-55(3)4)59-50-51-61-53-52-60(6)54-61/h52-59H,7-51H2,1-6H3/q+1. The molecule has 0 radical (unpaired) electrons. The first kappa shape index (κ1) is 58.2. The summed E-state index contributed by atoms with van der Waals surface area (Å²) in [5.41, 5.74) is 0. The summed E-state index contributed by atoms with van der Waals surface area (Å²) >= 11 is 0. The lowest BCUT2D eigenvalue weighted by Crippen LogP contribution is -2.32. The number of hydrogen-bond donors (Lipinski definition) is 1. The Morgan fingerprint density at radius 3 is 1.16 bits per heavy atom. The van der Waals surface area contributed by atoms with Gasteiger partial charge in [0.2, 0.25) is 6.33 Å². The average Bonchev–Trinajstić information content (AvgIpc) is 3.67. The van der Waals surface area contributed by atoms with Crippen molar-refractivity contribution >= 4 is 0 Å². The van der Waals surface area contributed by atoms with Crippen LogP contribution in [0.1, 0.15) is 311 Å². The molecule has 1 aromatic heterocycles. The molecular formula is C58H116N3+. The molecule has 1 N–H and O–H groups in total. The van der Waals surface area contributed by atoms with Crippen molar-refractivity contribution in [1.82, 2.24) is 9.88 Å². The van der Waals surface area contributed by atoms with Gasteiger partial charge < -0.3 is 5.32 Å². The predicted molar refractivity (Wildman–Crippen MR) is 275 cm³/mol. The fourth-order valence-electron chi connectivity index (χ4n) is 10.1. The van der Waals surface area contributed by atoms with E-state index >= 15 is 0 Å². The molecule has 0 spiro atoms. The molecular weight excluding hydrogens is 739 g/mol. The summed E-state index contributed by atoms with van der Waals surface area (Å²) in [5, 5.41) is 4.04. The lowest BCUT2D eigenvalue weighted by molar-refractivity contribution is -0.671. The molecule has 362 valence electrons. The summed E-state index contributed by atoms with van der Waals surface area (Å²) in [5.74, 6) is 2.67. The van der Waals surface area contributed by atoms with Crippen LogP contribution in [0.2, 0.25) is 0 Å². The van der Waals surface area contributed by atoms with Gasteiger partial charge in [0.25, 0.3) is 0 Å². The van der Waals surface area contributed by atoms with Crippen molar-refractivity contribution in [2.75, 3.05) is 6.54 Å². The lowest BCUT2D eigenvalue weighted by atomic mass is 9.88. The van der Waals surface area contributed by atoms with Crippen LogP contribution in [0.3, 0.4) is 0 Å². The second kappa shape index (κ2) is 45.7. The van der Waals surface area contributed by atoms with Crippen molar-refractivity contribution < 1.29 is 4.57 Å². The molecule has 2 unspecified atom stereocenters. The van der Waals surface area contributed by atoms with Crippen molar-refractivity contribution in [2.45, 2.75) is 323 Å². The van der Waals surface area contributed by atoms with Gasteiger partial charge in [0.15, 0.2) is 0 Å². The van der Waals surface area contributed by atoms with Gasteiger partial charge in [-0.3, -0.25) is 0 Å². The monoisotopic (exact) mass is 855 g/mol. The zero-order chi connectivity index (χ0) is 44.1. The molecule has 0 amide bonds. The number of hydrogen-bond acceptors (Lipinski definition) is 1. The van der Waals surface area contributed by atoms with Gasteiger partial charge in [-0.2, -0.15) is 0 Å². The van der Waals surface area contributed by atoms with E-state index in [0.29, 0.717) is 6.04 Å². The predicted octanol–water partition coefficient (Wildman–Crippen LogP) is 19.0. The minimum Gasteiger partial charge on any atom is -0.310 e. The van der Waals surface area contributed by atoms with Crippen LogP contribution in [0.4, 0.5) is 0 Å². The Hall–Kier alpha value is -0.830. The summed E-state index contributed by atoms with van der Waals surface area (Å²) < 4.78 is 4.49. The largest absolute Gasteiger partial charge is 0.310 e. The van der Waals surface area contributed by atoms with Crippen LogP contribution in [0, 0.1) is 17.8 Å². The summed E-state index contributed by atoms with van der Waals surface area (Å²) in [6.07, 6.45) is 69.3. The first-order valence-corrected chi connectivity index (χ1v) is 28.7. The Labute approximate surface area is 386 Å². The van der Waals surface area contributed by atoms with Crippen LogP contribution in [0.25, 0.3) is 0 Å². The van der Waals surface area contributed by atoms with Crippen LogP contribution in [0.5, 0.6) is 0 Å². The van der Waals surface area contributed by atoms with Gasteiger partial charge in [0.1, 0.15) is 18.9 Å². The van der Waals surface area contributed by atoms with Gasteiger partial charge in [-0.25, -0.2) is 9.13 Å². The molecule has 0 aliphatic heterocycles. The molecule has 61 heavy (non-hydrogen) atoms. The van der Waals surface area contributed by atoms with Crippen LogP contribution < -0.4 is 9.88 Å². The zero-order valence-electron chi connectivity index (χ0n) is 43.3. The second-order valence-electron chi connectivity index (χ2n) is 21.3. The lowest BCUT2D eigenvalue weighted by Gasteiger charge is -2.22. The van der Waals surface area contributed by atoms with Crippen molar-refractivity contribution in [3.8, 4) is 0 Å². The first-order chi connectivity index (χ1) is 29.9. The van der Waals surface area contributed by atoms with Crippen molar-refractivity contribution in [3.63, 3.8) is 0 Å². The van der Waals surface area contributed by atoms with E-state index in [9.17, 15) is 0 Å². The number of nitrogens with one attached hydrogen (secondary N) is 1. The fraction of sp³-hybridized carbons (Fsp3) is 0.948. The maximum atomic E-state index is 4.04. The van der Waals surface area contributed by atoms with Crippen LogP contribution >= 0.6 is 0 Å². The Kier molecular flexibility index (Phi) is 43.6. The normalized spacial score (nSPS) is 13.0. The third-order valence-electron chi connectivity index (χ3n) is 14.5. The van der Waals surface area contributed by atoms with Gasteiger partial charge in [0.05, 0.1) is 7.05 Å². The van der Waals surface area contributed by atoms with Crippen LogP contribution in [-0.2, 0) is 13.6 Å². The van der Waals surface area contributed by atoms with Crippen molar-refractivity contribution in [1.29, 1.82) is 0 Å². The third kappa shape index (κ3) is 41.6. The number of aromatic nitrogens is 2. The Morgan fingerprint density at radius 2 is 0.787 bits per heavy atom. The average molecular weight is 856 g/mol. The molecule has 1 rings (SSSR count). The highest BCUT2D eigenvalue weighted by Crippen LogP contribution is 2.26. The van der Waals surface area contributed by atoms with Gasteiger partial charge in [-0.1, -0.05) is 291 Å². The fourth-order valence-corrected chi connectivity index (χ4v) is 10.1. The van der Waals surface area contributed by atoms with Gasteiger partial charge in [0, 0.05) is 12.6 Å². The van der Waals surface area contributed by atoms with E-state index in [1.54, 1.807) is 0 Å². The SMILES string of the molecule is CCCCCCCCCCCCCCCCCCC(CCCCCCCCCCCCCCCCCC)CCCCC(CCC(C)CCCC(C)C)NCCn1cc[n+](C)c1. The minimum absolute atomic E-state index is 0.677. The maximum Gasteiger partial charge on any atom is 0.243 e. The maximum absolute atomic E-state index is 4.04. The summed E-state index contributed by atoms with van der Waals surface area (Å²) in [6, 6.07) is 0.677. The van der Waals surface area contributed by atoms with Gasteiger partial charge in [-0.05, 0) is 37.0 Å². The van der Waals surface area contributed by atoms with E-state index in [0.717, 1.165) is 30.8 Å². The summed E-state index contributed by atoms with van der Waals surface area (Å²) in [6.45, 7) is 14.1. The smallest absolute Gasteiger partial charge is 0.243 e. The number of unbranched alkanes of at least 4 members (excludes halogenated alkanes) is 31. The minimum atomic E-state index is 0.677.